The fraction of sp³-hybridized carbons (Fsp3) is 0.267. The Labute approximate surface area is 117 Å². The molecule has 19 heavy (non-hydrogen) atoms. The summed E-state index contributed by atoms with van der Waals surface area (Å²) in [5.74, 6) is -0.262. The second kappa shape index (κ2) is 5.45. The van der Waals surface area contributed by atoms with E-state index in [0.717, 1.165) is 10.4 Å². The van der Waals surface area contributed by atoms with Crippen molar-refractivity contribution in [3.05, 3.63) is 35.4 Å². The maximum absolute atomic E-state index is 11.3. The largest absolute Gasteiger partial charge is 0.413 e. The van der Waals surface area contributed by atoms with Crippen molar-refractivity contribution in [2.75, 3.05) is 5.73 Å². The zero-order valence-corrected chi connectivity index (χ0v) is 12.1. The Hall–Kier alpha value is -1.81. The highest BCUT2D eigenvalue weighted by atomic mass is 32.1. The quantitative estimate of drug-likeness (QED) is 0.863. The normalized spacial score (nSPS) is 10.5. The Morgan fingerprint density at radius 1 is 1.32 bits per heavy atom. The van der Waals surface area contributed by atoms with E-state index in [1.54, 1.807) is 6.92 Å². The minimum Gasteiger partial charge on any atom is -0.413 e. The molecular formula is C15H17NO2S. The van der Waals surface area contributed by atoms with Crippen LogP contribution in [0.4, 0.5) is 5.69 Å². The minimum atomic E-state index is -0.262. The van der Waals surface area contributed by atoms with E-state index in [9.17, 15) is 4.79 Å². The summed E-state index contributed by atoms with van der Waals surface area (Å²) < 4.78 is 5.23. The van der Waals surface area contributed by atoms with Crippen LogP contribution in [-0.2, 0) is 4.79 Å². The van der Waals surface area contributed by atoms with Gasteiger partial charge in [0.05, 0.1) is 5.69 Å². The van der Waals surface area contributed by atoms with Gasteiger partial charge in [0.25, 0.3) is 0 Å². The smallest absolute Gasteiger partial charge is 0.311 e. The number of esters is 1. The molecule has 0 fully saturated rings. The van der Waals surface area contributed by atoms with Crippen molar-refractivity contribution >= 4 is 23.0 Å². The number of anilines is 1. The number of hydrogen-bond acceptors (Lipinski definition) is 4. The highest BCUT2D eigenvalue weighted by Crippen LogP contribution is 2.41. The average molecular weight is 275 g/mol. The summed E-state index contributed by atoms with van der Waals surface area (Å²) in [5.41, 5.74) is 9.98. The predicted octanol–water partition coefficient (Wildman–Crippen LogP) is 3.93. The van der Waals surface area contributed by atoms with Crippen LogP contribution in [0, 0.1) is 13.8 Å². The Morgan fingerprint density at radius 2 is 1.95 bits per heavy atom. The molecule has 0 bridgehead atoms. The number of rotatable bonds is 3. The Morgan fingerprint density at radius 3 is 2.53 bits per heavy atom. The number of carbonyl (C=O) groups excluding carboxylic acids is 1. The third-order valence-electron chi connectivity index (χ3n) is 2.95. The number of benzene rings is 1. The van der Waals surface area contributed by atoms with Crippen molar-refractivity contribution < 1.29 is 9.53 Å². The van der Waals surface area contributed by atoms with Crippen LogP contribution < -0.4 is 10.5 Å². The third-order valence-corrected chi connectivity index (χ3v) is 3.99. The van der Waals surface area contributed by atoms with Crippen LogP contribution in [0.25, 0.3) is 10.4 Å². The molecule has 0 aliphatic rings. The first-order chi connectivity index (χ1) is 9.02. The molecule has 3 nitrogen and oxygen atoms in total. The predicted molar refractivity (Wildman–Crippen MR) is 79.6 cm³/mol. The number of ether oxygens (including phenoxy) is 1. The second-order valence-electron chi connectivity index (χ2n) is 4.45. The van der Waals surface area contributed by atoms with Gasteiger partial charge >= 0.3 is 5.97 Å². The van der Waals surface area contributed by atoms with Crippen LogP contribution in [0.3, 0.4) is 0 Å². The molecule has 2 rings (SSSR count). The van der Waals surface area contributed by atoms with Crippen molar-refractivity contribution in [3.8, 4) is 15.5 Å². The zero-order valence-electron chi connectivity index (χ0n) is 11.3. The molecule has 0 radical (unpaired) electrons. The molecule has 1 aromatic heterocycles. The lowest BCUT2D eigenvalue weighted by Gasteiger charge is -2.06. The summed E-state index contributed by atoms with van der Waals surface area (Å²) >= 11 is 1.42. The molecule has 0 aliphatic heterocycles. The highest BCUT2D eigenvalue weighted by molar-refractivity contribution is 7.18. The molecule has 2 aromatic rings. The molecule has 2 N–H and O–H groups in total. The average Bonchev–Trinajstić information content (AvgIpc) is 2.70. The van der Waals surface area contributed by atoms with Crippen LogP contribution in [-0.4, -0.2) is 5.97 Å². The van der Waals surface area contributed by atoms with Crippen LogP contribution in [0.5, 0.6) is 5.06 Å². The Balaban J connectivity index is 2.42. The lowest BCUT2D eigenvalue weighted by molar-refractivity contribution is -0.133. The van der Waals surface area contributed by atoms with E-state index in [1.165, 1.54) is 22.5 Å². The summed E-state index contributed by atoms with van der Waals surface area (Å²) in [7, 11) is 0. The topological polar surface area (TPSA) is 52.3 Å². The minimum absolute atomic E-state index is 0.262. The van der Waals surface area contributed by atoms with E-state index in [-0.39, 0.29) is 5.97 Å². The van der Waals surface area contributed by atoms with Gasteiger partial charge in [-0.3, -0.25) is 4.79 Å². The van der Waals surface area contributed by atoms with Gasteiger partial charge in [-0.2, -0.15) is 0 Å². The molecule has 0 amide bonds. The van der Waals surface area contributed by atoms with Gasteiger partial charge in [-0.15, -0.1) is 0 Å². The second-order valence-corrected chi connectivity index (χ2v) is 5.46. The summed E-state index contributed by atoms with van der Waals surface area (Å²) in [6, 6.07) is 8.04. The molecule has 0 saturated carbocycles. The van der Waals surface area contributed by atoms with E-state index in [1.807, 2.05) is 12.1 Å². The standard InChI is InChI=1S/C15H17NO2S/c1-4-13(17)18-15-11(16)8-12(19-15)14-9(2)6-5-7-10(14)3/h5-8H,4,16H2,1-3H3. The number of hydrogen-bond donors (Lipinski definition) is 1. The van der Waals surface area contributed by atoms with Crippen LogP contribution in [0.1, 0.15) is 24.5 Å². The van der Waals surface area contributed by atoms with Gasteiger partial charge in [-0.25, -0.2) is 0 Å². The first kappa shape index (κ1) is 13.6. The number of carbonyl (C=O) groups is 1. The molecule has 0 spiro atoms. The van der Waals surface area contributed by atoms with Crippen molar-refractivity contribution in [1.29, 1.82) is 0 Å². The van der Waals surface area contributed by atoms with Gasteiger partial charge < -0.3 is 10.5 Å². The van der Waals surface area contributed by atoms with Gasteiger partial charge in [0, 0.05) is 11.3 Å². The van der Waals surface area contributed by atoms with Gasteiger partial charge in [-0.1, -0.05) is 36.5 Å². The number of aryl methyl sites for hydroxylation is 2. The van der Waals surface area contributed by atoms with Crippen LogP contribution in [0.2, 0.25) is 0 Å². The summed E-state index contributed by atoms with van der Waals surface area (Å²) in [6.07, 6.45) is 0.343. The molecule has 100 valence electrons. The van der Waals surface area contributed by atoms with Gasteiger partial charge in [0.1, 0.15) is 0 Å². The van der Waals surface area contributed by atoms with Crippen molar-refractivity contribution in [1.82, 2.24) is 0 Å². The summed E-state index contributed by atoms with van der Waals surface area (Å²) in [6.45, 7) is 5.89. The fourth-order valence-corrected chi connectivity index (χ4v) is 3.09. The Bertz CT molecular complexity index is 596. The molecule has 1 heterocycles. The van der Waals surface area contributed by atoms with Gasteiger partial charge in [0.15, 0.2) is 0 Å². The van der Waals surface area contributed by atoms with E-state index in [2.05, 4.69) is 26.0 Å². The molecule has 0 atom stereocenters. The lowest BCUT2D eigenvalue weighted by atomic mass is 10.0. The lowest BCUT2D eigenvalue weighted by Crippen LogP contribution is -2.05. The fourth-order valence-electron chi connectivity index (χ4n) is 1.97. The number of thiophene rings is 1. The molecule has 0 unspecified atom stereocenters. The molecule has 4 heteroatoms. The van der Waals surface area contributed by atoms with E-state index in [4.69, 9.17) is 10.5 Å². The van der Waals surface area contributed by atoms with Crippen molar-refractivity contribution in [2.45, 2.75) is 27.2 Å². The van der Waals surface area contributed by atoms with Gasteiger partial charge in [0.2, 0.25) is 5.06 Å². The molecule has 1 aromatic carbocycles. The third kappa shape index (κ3) is 2.79. The zero-order chi connectivity index (χ0) is 14.0. The number of nitrogen functional groups attached to an aromatic ring is 1. The van der Waals surface area contributed by atoms with Crippen LogP contribution in [0.15, 0.2) is 24.3 Å². The van der Waals surface area contributed by atoms with E-state index >= 15 is 0 Å². The SMILES string of the molecule is CCC(=O)Oc1sc(-c2c(C)cccc2C)cc1N. The van der Waals surface area contributed by atoms with E-state index in [0.29, 0.717) is 17.2 Å². The van der Waals surface area contributed by atoms with Crippen LogP contribution >= 0.6 is 11.3 Å². The summed E-state index contributed by atoms with van der Waals surface area (Å²) in [5, 5.41) is 0.490. The first-order valence-electron chi connectivity index (χ1n) is 6.19. The molecule has 0 aliphatic carbocycles. The maximum atomic E-state index is 11.3. The molecular weight excluding hydrogens is 258 g/mol. The van der Waals surface area contributed by atoms with Crippen molar-refractivity contribution in [2.24, 2.45) is 0 Å². The monoisotopic (exact) mass is 275 g/mol. The summed E-state index contributed by atoms with van der Waals surface area (Å²) in [4.78, 5) is 12.4. The first-order valence-corrected chi connectivity index (χ1v) is 7.01. The number of nitrogens with two attached hydrogens (primary N) is 1. The highest BCUT2D eigenvalue weighted by Gasteiger charge is 2.14. The Kier molecular flexibility index (Phi) is 3.90. The van der Waals surface area contributed by atoms with Crippen molar-refractivity contribution in [3.63, 3.8) is 0 Å². The molecule has 0 saturated heterocycles. The van der Waals surface area contributed by atoms with E-state index < -0.39 is 0 Å². The maximum Gasteiger partial charge on any atom is 0.311 e. The van der Waals surface area contributed by atoms with Gasteiger partial charge in [-0.05, 0) is 36.6 Å².